The molecular formula is C17H21ClN2O3. The largest absolute Gasteiger partial charge is 0.493 e. The van der Waals surface area contributed by atoms with Crippen LogP contribution in [-0.2, 0) is 4.74 Å². The molecule has 1 heterocycles. The van der Waals surface area contributed by atoms with Gasteiger partial charge in [-0.15, -0.1) is 0 Å². The molecule has 2 rings (SSSR count). The summed E-state index contributed by atoms with van der Waals surface area (Å²) in [5.74, 6) is 0.890. The van der Waals surface area contributed by atoms with Gasteiger partial charge in [-0.1, -0.05) is 11.6 Å². The van der Waals surface area contributed by atoms with Crippen LogP contribution in [0.15, 0.2) is 18.2 Å². The maximum absolute atomic E-state index is 12.0. The van der Waals surface area contributed by atoms with E-state index in [1.165, 1.54) is 0 Å². The first kappa shape index (κ1) is 17.4. The minimum Gasteiger partial charge on any atom is -0.493 e. The lowest BCUT2D eigenvalue weighted by atomic mass is 10.1. The fourth-order valence-corrected chi connectivity index (χ4v) is 2.56. The first-order valence-electron chi connectivity index (χ1n) is 7.59. The van der Waals surface area contributed by atoms with Crippen LogP contribution in [0.4, 0.5) is 4.79 Å². The number of likely N-dealkylation sites (tertiary alicyclic amines) is 1. The third kappa shape index (κ3) is 5.04. The van der Waals surface area contributed by atoms with E-state index >= 15 is 0 Å². The van der Waals surface area contributed by atoms with Crippen molar-refractivity contribution in [3.8, 4) is 11.8 Å². The molecule has 23 heavy (non-hydrogen) atoms. The van der Waals surface area contributed by atoms with E-state index in [2.05, 4.69) is 0 Å². The molecule has 0 aliphatic carbocycles. The van der Waals surface area contributed by atoms with Gasteiger partial charge in [0.15, 0.2) is 0 Å². The predicted octanol–water partition coefficient (Wildman–Crippen LogP) is 3.85. The molecule has 6 heteroatoms. The van der Waals surface area contributed by atoms with Crippen molar-refractivity contribution in [2.45, 2.75) is 32.8 Å². The van der Waals surface area contributed by atoms with Crippen LogP contribution in [0.1, 0.15) is 32.8 Å². The number of hydrogen-bond donors (Lipinski definition) is 0. The molecule has 5 nitrogen and oxygen atoms in total. The van der Waals surface area contributed by atoms with Gasteiger partial charge in [-0.25, -0.2) is 4.79 Å². The number of halogens is 1. The topological polar surface area (TPSA) is 62.6 Å². The smallest absolute Gasteiger partial charge is 0.410 e. The molecule has 0 unspecified atom stereocenters. The Morgan fingerprint density at radius 3 is 2.83 bits per heavy atom. The van der Waals surface area contributed by atoms with Crippen molar-refractivity contribution in [1.29, 1.82) is 5.26 Å². The Bertz CT molecular complexity index is 619. The number of carbonyl (C=O) groups excluding carboxylic acids is 1. The molecule has 0 radical (unpaired) electrons. The number of benzene rings is 1. The molecule has 0 saturated carbocycles. The Morgan fingerprint density at radius 1 is 1.48 bits per heavy atom. The van der Waals surface area contributed by atoms with Crippen LogP contribution < -0.4 is 4.74 Å². The Kier molecular flexibility index (Phi) is 5.38. The molecule has 1 fully saturated rings. The standard InChI is InChI=1S/C17H21ClN2O3/c1-17(2,3)23-16(21)20-7-6-12(10-20)11-22-14-5-4-13(9-19)15(18)8-14/h4-5,8,12H,6-7,10-11H2,1-3H3/t12-/m1/s1. The molecule has 1 aromatic carbocycles. The zero-order chi connectivity index (χ0) is 17.0. The fraction of sp³-hybridized carbons (Fsp3) is 0.529. The summed E-state index contributed by atoms with van der Waals surface area (Å²) in [5, 5.41) is 9.23. The normalized spacial score (nSPS) is 17.7. The van der Waals surface area contributed by atoms with E-state index in [1.807, 2.05) is 26.8 Å². The van der Waals surface area contributed by atoms with Gasteiger partial charge in [0.05, 0.1) is 17.2 Å². The Balaban J connectivity index is 1.83. The number of carbonyl (C=O) groups is 1. The first-order chi connectivity index (χ1) is 10.8. The molecule has 0 N–H and O–H groups in total. The highest BCUT2D eigenvalue weighted by atomic mass is 35.5. The molecule has 0 aromatic heterocycles. The highest BCUT2D eigenvalue weighted by Gasteiger charge is 2.30. The molecule has 1 saturated heterocycles. The maximum atomic E-state index is 12.0. The van der Waals surface area contributed by atoms with Crippen LogP contribution in [0, 0.1) is 17.2 Å². The summed E-state index contributed by atoms with van der Waals surface area (Å²) >= 11 is 5.98. The van der Waals surface area contributed by atoms with Gasteiger partial charge in [-0.3, -0.25) is 0 Å². The molecule has 0 bridgehead atoms. The van der Waals surface area contributed by atoms with Crippen LogP contribution in [-0.4, -0.2) is 36.3 Å². The van der Waals surface area contributed by atoms with E-state index in [0.29, 0.717) is 36.0 Å². The zero-order valence-corrected chi connectivity index (χ0v) is 14.4. The minimum absolute atomic E-state index is 0.261. The summed E-state index contributed by atoms with van der Waals surface area (Å²) in [5.41, 5.74) is -0.0544. The van der Waals surface area contributed by atoms with Gasteiger partial charge in [-0.2, -0.15) is 5.26 Å². The molecule has 1 aliphatic heterocycles. The summed E-state index contributed by atoms with van der Waals surface area (Å²) in [6, 6.07) is 7.02. The lowest BCUT2D eigenvalue weighted by Gasteiger charge is -2.24. The van der Waals surface area contributed by atoms with Gasteiger partial charge >= 0.3 is 6.09 Å². The van der Waals surface area contributed by atoms with Crippen LogP contribution in [0.5, 0.6) is 5.75 Å². The number of hydrogen-bond acceptors (Lipinski definition) is 4. The Morgan fingerprint density at radius 2 is 2.22 bits per heavy atom. The minimum atomic E-state index is -0.481. The van der Waals surface area contributed by atoms with Crippen LogP contribution in [0.25, 0.3) is 0 Å². The first-order valence-corrected chi connectivity index (χ1v) is 7.96. The average molecular weight is 337 g/mol. The van der Waals surface area contributed by atoms with Crippen molar-refractivity contribution in [3.63, 3.8) is 0 Å². The summed E-state index contributed by atoms with van der Waals surface area (Å²) in [7, 11) is 0. The molecular weight excluding hydrogens is 316 g/mol. The number of amides is 1. The van der Waals surface area contributed by atoms with Crippen molar-refractivity contribution in [1.82, 2.24) is 4.90 Å². The van der Waals surface area contributed by atoms with E-state index in [-0.39, 0.29) is 12.0 Å². The van der Waals surface area contributed by atoms with E-state index < -0.39 is 5.60 Å². The van der Waals surface area contributed by atoms with Gasteiger partial charge in [0.1, 0.15) is 17.4 Å². The van der Waals surface area contributed by atoms with Crippen molar-refractivity contribution in [2.24, 2.45) is 5.92 Å². The monoisotopic (exact) mass is 336 g/mol. The molecule has 124 valence electrons. The zero-order valence-electron chi connectivity index (χ0n) is 13.6. The summed E-state index contributed by atoms with van der Waals surface area (Å²) < 4.78 is 11.1. The summed E-state index contributed by atoms with van der Waals surface area (Å²) in [4.78, 5) is 13.7. The van der Waals surface area contributed by atoms with Crippen molar-refractivity contribution in [2.75, 3.05) is 19.7 Å². The van der Waals surface area contributed by atoms with E-state index in [1.54, 1.807) is 23.1 Å². The number of nitrogens with zero attached hydrogens (tertiary/aromatic N) is 2. The third-order valence-electron chi connectivity index (χ3n) is 3.48. The van der Waals surface area contributed by atoms with Gasteiger partial charge in [0.25, 0.3) is 0 Å². The molecule has 1 aromatic rings. The molecule has 0 spiro atoms. The maximum Gasteiger partial charge on any atom is 0.410 e. The van der Waals surface area contributed by atoms with Crippen molar-refractivity contribution < 1.29 is 14.3 Å². The summed E-state index contributed by atoms with van der Waals surface area (Å²) in [6.07, 6.45) is 0.602. The summed E-state index contributed by atoms with van der Waals surface area (Å²) in [6.45, 7) is 7.38. The average Bonchev–Trinajstić information content (AvgIpc) is 2.92. The Labute approximate surface area is 141 Å². The molecule has 1 aliphatic rings. The van der Waals surface area contributed by atoms with E-state index in [4.69, 9.17) is 26.3 Å². The quantitative estimate of drug-likeness (QED) is 0.841. The van der Waals surface area contributed by atoms with Gasteiger partial charge in [-0.05, 0) is 39.3 Å². The van der Waals surface area contributed by atoms with Gasteiger partial charge < -0.3 is 14.4 Å². The number of rotatable bonds is 3. The second kappa shape index (κ2) is 7.10. The number of nitriles is 1. The van der Waals surface area contributed by atoms with Gasteiger partial charge in [0, 0.05) is 25.1 Å². The van der Waals surface area contributed by atoms with Crippen molar-refractivity contribution in [3.05, 3.63) is 28.8 Å². The molecule has 1 amide bonds. The van der Waals surface area contributed by atoms with E-state index in [0.717, 1.165) is 6.42 Å². The second-order valence-corrected chi connectivity index (χ2v) is 7.05. The second-order valence-electron chi connectivity index (χ2n) is 6.65. The van der Waals surface area contributed by atoms with Crippen LogP contribution in [0.3, 0.4) is 0 Å². The predicted molar refractivity (Wildman–Crippen MR) is 87.6 cm³/mol. The highest BCUT2D eigenvalue weighted by molar-refractivity contribution is 6.31. The lowest BCUT2D eigenvalue weighted by Crippen LogP contribution is -2.35. The molecule has 1 atom stereocenters. The lowest BCUT2D eigenvalue weighted by molar-refractivity contribution is 0.0285. The van der Waals surface area contributed by atoms with Gasteiger partial charge in [0.2, 0.25) is 0 Å². The fourth-order valence-electron chi connectivity index (χ4n) is 2.35. The third-order valence-corrected chi connectivity index (χ3v) is 3.80. The Hall–Kier alpha value is -1.93. The van der Waals surface area contributed by atoms with Crippen LogP contribution in [0.2, 0.25) is 5.02 Å². The highest BCUT2D eigenvalue weighted by Crippen LogP contribution is 2.24. The van der Waals surface area contributed by atoms with E-state index in [9.17, 15) is 4.79 Å². The van der Waals surface area contributed by atoms with Crippen molar-refractivity contribution >= 4 is 17.7 Å². The van der Waals surface area contributed by atoms with Crippen LogP contribution >= 0.6 is 11.6 Å². The number of ether oxygens (including phenoxy) is 2. The SMILES string of the molecule is CC(C)(C)OC(=O)N1CC[C@@H](COc2ccc(C#N)c(Cl)c2)C1.